The number of sulfonamides is 1. The van der Waals surface area contributed by atoms with Gasteiger partial charge in [-0.15, -0.1) is 11.8 Å². The summed E-state index contributed by atoms with van der Waals surface area (Å²) in [5.41, 5.74) is 5.80. The molecule has 4 nitrogen and oxygen atoms in total. The Bertz CT molecular complexity index is 441. The van der Waals surface area contributed by atoms with Crippen molar-refractivity contribution in [2.24, 2.45) is 5.73 Å². The second-order valence-corrected chi connectivity index (χ2v) is 7.39. The zero-order chi connectivity index (χ0) is 12.9. The first-order valence-corrected chi connectivity index (χ1v) is 7.93. The maximum atomic E-state index is 11.5. The number of benzene rings is 1. The van der Waals surface area contributed by atoms with Gasteiger partial charge in [0, 0.05) is 22.4 Å². The quantitative estimate of drug-likeness (QED) is 0.777. The molecule has 0 fully saturated rings. The first-order chi connectivity index (χ1) is 7.93. The Morgan fingerprint density at radius 1 is 1.29 bits per heavy atom. The minimum atomic E-state index is -3.30. The van der Waals surface area contributed by atoms with Crippen molar-refractivity contribution in [2.75, 3.05) is 17.0 Å². The fourth-order valence-corrected chi connectivity index (χ4v) is 3.00. The van der Waals surface area contributed by atoms with Gasteiger partial charge in [-0.05, 0) is 24.3 Å². The van der Waals surface area contributed by atoms with Crippen LogP contribution in [0.2, 0.25) is 0 Å². The van der Waals surface area contributed by atoms with E-state index >= 15 is 0 Å². The van der Waals surface area contributed by atoms with E-state index in [2.05, 4.69) is 18.6 Å². The molecule has 3 N–H and O–H groups in total. The first kappa shape index (κ1) is 14.3. The highest BCUT2D eigenvalue weighted by Crippen LogP contribution is 2.24. The van der Waals surface area contributed by atoms with Crippen LogP contribution in [0.25, 0.3) is 0 Å². The molecule has 96 valence electrons. The standard InChI is InChI=1S/C11H18N2O2S2/c1-9(2)16-11-5-3-10(4-6-11)13-17(14,15)8-7-12/h3-6,9,13H,7-8,12H2,1-2H3. The zero-order valence-electron chi connectivity index (χ0n) is 10.0. The SMILES string of the molecule is CC(C)Sc1ccc(NS(=O)(=O)CCN)cc1. The highest BCUT2D eigenvalue weighted by Gasteiger charge is 2.08. The van der Waals surface area contributed by atoms with Crippen molar-refractivity contribution < 1.29 is 8.42 Å². The zero-order valence-corrected chi connectivity index (χ0v) is 11.6. The van der Waals surface area contributed by atoms with Crippen LogP contribution < -0.4 is 10.5 Å². The van der Waals surface area contributed by atoms with E-state index in [1.165, 1.54) is 0 Å². The lowest BCUT2D eigenvalue weighted by atomic mass is 10.3. The highest BCUT2D eigenvalue weighted by atomic mass is 32.2. The van der Waals surface area contributed by atoms with Crippen LogP contribution in [0.4, 0.5) is 5.69 Å². The summed E-state index contributed by atoms with van der Waals surface area (Å²) in [5.74, 6) is -0.0600. The second-order valence-electron chi connectivity index (χ2n) is 3.90. The molecule has 0 saturated heterocycles. The summed E-state index contributed by atoms with van der Waals surface area (Å²) >= 11 is 1.74. The Morgan fingerprint density at radius 3 is 2.35 bits per heavy atom. The molecule has 0 aliphatic heterocycles. The summed E-state index contributed by atoms with van der Waals surface area (Å²) < 4.78 is 25.4. The van der Waals surface area contributed by atoms with Crippen LogP contribution in [0.1, 0.15) is 13.8 Å². The number of thioether (sulfide) groups is 1. The third-order valence-electron chi connectivity index (χ3n) is 1.89. The van der Waals surface area contributed by atoms with Crippen molar-refractivity contribution in [2.45, 2.75) is 24.0 Å². The minimum Gasteiger partial charge on any atom is -0.329 e. The van der Waals surface area contributed by atoms with Crippen LogP contribution >= 0.6 is 11.8 Å². The number of nitrogens with two attached hydrogens (primary N) is 1. The maximum absolute atomic E-state index is 11.5. The molecular weight excluding hydrogens is 256 g/mol. The van der Waals surface area contributed by atoms with Crippen LogP contribution in [0, 0.1) is 0 Å². The molecule has 0 amide bonds. The van der Waals surface area contributed by atoms with E-state index < -0.39 is 10.0 Å². The first-order valence-electron chi connectivity index (χ1n) is 5.40. The summed E-state index contributed by atoms with van der Waals surface area (Å²) in [4.78, 5) is 1.13. The third kappa shape index (κ3) is 5.43. The Kier molecular flexibility index (Phi) is 5.30. The van der Waals surface area contributed by atoms with E-state index in [9.17, 15) is 8.42 Å². The van der Waals surface area contributed by atoms with Crippen molar-refractivity contribution >= 4 is 27.5 Å². The normalized spacial score (nSPS) is 11.8. The molecule has 0 unspecified atom stereocenters. The van der Waals surface area contributed by atoms with Gasteiger partial charge in [0.1, 0.15) is 0 Å². The van der Waals surface area contributed by atoms with Crippen LogP contribution in [-0.4, -0.2) is 26.0 Å². The van der Waals surface area contributed by atoms with Gasteiger partial charge in [0.05, 0.1) is 5.75 Å². The average molecular weight is 274 g/mol. The number of rotatable bonds is 6. The van der Waals surface area contributed by atoms with Gasteiger partial charge in [-0.25, -0.2) is 8.42 Å². The van der Waals surface area contributed by atoms with Crippen LogP contribution in [-0.2, 0) is 10.0 Å². The van der Waals surface area contributed by atoms with E-state index in [-0.39, 0.29) is 12.3 Å². The molecule has 0 aromatic heterocycles. The van der Waals surface area contributed by atoms with Gasteiger partial charge in [-0.2, -0.15) is 0 Å². The van der Waals surface area contributed by atoms with Crippen molar-refractivity contribution in [1.29, 1.82) is 0 Å². The molecule has 0 bridgehead atoms. The molecule has 0 aliphatic carbocycles. The number of hydrogen-bond acceptors (Lipinski definition) is 4. The van der Waals surface area contributed by atoms with E-state index in [1.54, 1.807) is 23.9 Å². The van der Waals surface area contributed by atoms with E-state index in [1.807, 2.05) is 12.1 Å². The number of nitrogens with one attached hydrogen (secondary N) is 1. The monoisotopic (exact) mass is 274 g/mol. The van der Waals surface area contributed by atoms with Gasteiger partial charge >= 0.3 is 0 Å². The Hall–Kier alpha value is -0.720. The molecule has 0 heterocycles. The van der Waals surface area contributed by atoms with Gasteiger partial charge in [-0.3, -0.25) is 4.72 Å². The Morgan fingerprint density at radius 2 is 1.88 bits per heavy atom. The third-order valence-corrected chi connectivity index (χ3v) is 4.22. The van der Waals surface area contributed by atoms with E-state index in [0.717, 1.165) is 4.90 Å². The predicted octanol–water partition coefficient (Wildman–Crippen LogP) is 1.89. The van der Waals surface area contributed by atoms with Gasteiger partial charge in [0.2, 0.25) is 10.0 Å². The van der Waals surface area contributed by atoms with E-state index in [0.29, 0.717) is 10.9 Å². The summed E-state index contributed by atoms with van der Waals surface area (Å²) in [6, 6.07) is 7.34. The molecule has 0 aliphatic rings. The van der Waals surface area contributed by atoms with Gasteiger partial charge < -0.3 is 5.73 Å². The van der Waals surface area contributed by atoms with Gasteiger partial charge in [0.15, 0.2) is 0 Å². The molecular formula is C11H18N2O2S2. The maximum Gasteiger partial charge on any atom is 0.233 e. The van der Waals surface area contributed by atoms with Crippen molar-refractivity contribution in [1.82, 2.24) is 0 Å². The Balaban J connectivity index is 2.68. The molecule has 1 aromatic rings. The average Bonchev–Trinajstić information content (AvgIpc) is 2.19. The summed E-state index contributed by atoms with van der Waals surface area (Å²) in [7, 11) is -3.30. The summed E-state index contributed by atoms with van der Waals surface area (Å²) in [6.07, 6.45) is 0. The molecule has 6 heteroatoms. The fraction of sp³-hybridized carbons (Fsp3) is 0.455. The van der Waals surface area contributed by atoms with Crippen LogP contribution in [0.3, 0.4) is 0 Å². The number of hydrogen-bond donors (Lipinski definition) is 2. The molecule has 0 atom stereocenters. The molecule has 0 radical (unpaired) electrons. The smallest absolute Gasteiger partial charge is 0.233 e. The highest BCUT2D eigenvalue weighted by molar-refractivity contribution is 7.99. The van der Waals surface area contributed by atoms with Crippen molar-refractivity contribution in [3.63, 3.8) is 0 Å². The number of anilines is 1. The van der Waals surface area contributed by atoms with Crippen molar-refractivity contribution in [3.8, 4) is 0 Å². The molecule has 0 spiro atoms. The summed E-state index contributed by atoms with van der Waals surface area (Å²) in [5, 5.41) is 0.509. The molecule has 17 heavy (non-hydrogen) atoms. The van der Waals surface area contributed by atoms with Gasteiger partial charge in [-0.1, -0.05) is 13.8 Å². The lowest BCUT2D eigenvalue weighted by Crippen LogP contribution is -2.22. The fourth-order valence-electron chi connectivity index (χ4n) is 1.26. The largest absolute Gasteiger partial charge is 0.329 e. The lowest BCUT2D eigenvalue weighted by Gasteiger charge is -2.08. The van der Waals surface area contributed by atoms with Gasteiger partial charge in [0.25, 0.3) is 0 Å². The predicted molar refractivity (Wildman–Crippen MR) is 73.9 cm³/mol. The topological polar surface area (TPSA) is 72.2 Å². The molecule has 0 saturated carbocycles. The minimum absolute atomic E-state index is 0.0600. The van der Waals surface area contributed by atoms with Crippen LogP contribution in [0.15, 0.2) is 29.2 Å². The van der Waals surface area contributed by atoms with E-state index in [4.69, 9.17) is 5.73 Å². The summed E-state index contributed by atoms with van der Waals surface area (Å²) in [6.45, 7) is 4.35. The second kappa shape index (κ2) is 6.28. The molecule has 1 rings (SSSR count). The van der Waals surface area contributed by atoms with Crippen molar-refractivity contribution in [3.05, 3.63) is 24.3 Å². The molecule has 1 aromatic carbocycles. The lowest BCUT2D eigenvalue weighted by molar-refractivity contribution is 0.601. The van der Waals surface area contributed by atoms with Crippen LogP contribution in [0.5, 0.6) is 0 Å². The Labute approximate surface area is 107 Å².